The molecule has 19 heavy (non-hydrogen) atoms. The predicted molar refractivity (Wildman–Crippen MR) is 80.5 cm³/mol. The summed E-state index contributed by atoms with van der Waals surface area (Å²) < 4.78 is 0. The zero-order chi connectivity index (χ0) is 13.9. The number of halogens is 1. The van der Waals surface area contributed by atoms with Crippen molar-refractivity contribution in [2.75, 3.05) is 6.54 Å². The molecule has 1 aliphatic heterocycles. The molecular weight excluding hydrogens is 258 g/mol. The third-order valence-corrected chi connectivity index (χ3v) is 5.14. The van der Waals surface area contributed by atoms with E-state index in [0.29, 0.717) is 11.9 Å². The van der Waals surface area contributed by atoms with Crippen LogP contribution >= 0.6 is 11.6 Å². The minimum Gasteiger partial charge on any atom is -0.339 e. The van der Waals surface area contributed by atoms with Crippen molar-refractivity contribution in [2.45, 2.75) is 83.1 Å². The molecule has 1 saturated carbocycles. The van der Waals surface area contributed by atoms with Crippen LogP contribution < -0.4 is 0 Å². The number of carbonyl (C=O) groups excluding carboxylic acids is 1. The van der Waals surface area contributed by atoms with Gasteiger partial charge in [-0.1, -0.05) is 26.2 Å². The third kappa shape index (κ3) is 3.65. The smallest absolute Gasteiger partial charge is 0.228 e. The summed E-state index contributed by atoms with van der Waals surface area (Å²) in [5, 5.41) is 0.164. The average Bonchev–Trinajstić information content (AvgIpc) is 2.39. The number of likely N-dealkylation sites (tertiary alicyclic amines) is 1. The first kappa shape index (κ1) is 15.2. The average molecular weight is 286 g/mol. The number of hydrogen-bond donors (Lipinski definition) is 0. The minimum absolute atomic E-state index is 0.0939. The van der Waals surface area contributed by atoms with Gasteiger partial charge in [-0.2, -0.15) is 0 Å². The molecule has 0 bridgehead atoms. The van der Waals surface area contributed by atoms with E-state index in [2.05, 4.69) is 11.8 Å². The third-order valence-electron chi connectivity index (χ3n) is 4.96. The van der Waals surface area contributed by atoms with Crippen molar-refractivity contribution < 1.29 is 4.79 Å². The van der Waals surface area contributed by atoms with Gasteiger partial charge in [0.15, 0.2) is 0 Å². The lowest BCUT2D eigenvalue weighted by molar-refractivity contribution is -0.147. The van der Waals surface area contributed by atoms with E-state index in [1.807, 2.05) is 6.92 Å². The van der Waals surface area contributed by atoms with Gasteiger partial charge < -0.3 is 4.90 Å². The Morgan fingerprint density at radius 1 is 1.26 bits per heavy atom. The van der Waals surface area contributed by atoms with E-state index >= 15 is 0 Å². The van der Waals surface area contributed by atoms with E-state index in [-0.39, 0.29) is 10.8 Å². The van der Waals surface area contributed by atoms with Gasteiger partial charge in [-0.3, -0.25) is 4.79 Å². The summed E-state index contributed by atoms with van der Waals surface area (Å²) in [6.07, 6.45) is 10.4. The number of rotatable bonds is 3. The normalized spacial score (nSPS) is 29.0. The molecule has 2 unspecified atom stereocenters. The Morgan fingerprint density at radius 3 is 2.58 bits per heavy atom. The second-order valence-electron chi connectivity index (χ2n) is 6.79. The summed E-state index contributed by atoms with van der Waals surface area (Å²) in [5.74, 6) is 0.411. The van der Waals surface area contributed by atoms with Crippen LogP contribution in [0.4, 0.5) is 0 Å². The zero-order valence-corrected chi connectivity index (χ0v) is 13.2. The molecule has 1 heterocycles. The van der Waals surface area contributed by atoms with Crippen molar-refractivity contribution in [3.8, 4) is 0 Å². The molecule has 2 nitrogen and oxygen atoms in total. The van der Waals surface area contributed by atoms with E-state index in [0.717, 1.165) is 38.6 Å². The maximum atomic E-state index is 12.9. The van der Waals surface area contributed by atoms with E-state index in [4.69, 9.17) is 11.6 Å². The lowest BCUT2D eigenvalue weighted by Crippen LogP contribution is -2.51. The Hall–Kier alpha value is -0.240. The summed E-state index contributed by atoms with van der Waals surface area (Å²) in [4.78, 5) is 15.1. The minimum atomic E-state index is -0.0939. The molecular formula is C16H28ClNO. The molecule has 2 aliphatic rings. The SMILES string of the molecule is CC(Cl)CC1CCCCN1C(=O)C1(C)CCCCC1. The Kier molecular flexibility index (Phi) is 5.16. The fraction of sp³-hybridized carbons (Fsp3) is 0.938. The first-order valence-electron chi connectivity index (χ1n) is 7.98. The van der Waals surface area contributed by atoms with E-state index < -0.39 is 0 Å². The molecule has 1 aliphatic carbocycles. The molecule has 0 radical (unpaired) electrons. The molecule has 110 valence electrons. The number of alkyl halides is 1. The topological polar surface area (TPSA) is 20.3 Å². The van der Waals surface area contributed by atoms with Gasteiger partial charge in [-0.05, 0) is 45.4 Å². The molecule has 2 fully saturated rings. The van der Waals surface area contributed by atoms with Gasteiger partial charge in [0.2, 0.25) is 5.91 Å². The number of amides is 1. The molecule has 2 rings (SSSR count). The largest absolute Gasteiger partial charge is 0.339 e. The molecule has 0 aromatic heterocycles. The first-order chi connectivity index (χ1) is 9.03. The predicted octanol–water partition coefficient (Wildman–Crippen LogP) is 4.36. The summed E-state index contributed by atoms with van der Waals surface area (Å²) in [5.41, 5.74) is -0.0939. The molecule has 3 heteroatoms. The van der Waals surface area contributed by atoms with Crippen LogP contribution in [0.3, 0.4) is 0 Å². The van der Waals surface area contributed by atoms with Crippen LogP contribution in [0.5, 0.6) is 0 Å². The maximum absolute atomic E-state index is 12.9. The number of carbonyl (C=O) groups is 1. The molecule has 2 atom stereocenters. The van der Waals surface area contributed by atoms with E-state index in [9.17, 15) is 4.79 Å². The highest BCUT2D eigenvalue weighted by Gasteiger charge is 2.40. The van der Waals surface area contributed by atoms with Crippen molar-refractivity contribution in [3.63, 3.8) is 0 Å². The van der Waals surface area contributed by atoms with Crippen LogP contribution in [0.15, 0.2) is 0 Å². The molecule has 0 N–H and O–H groups in total. The van der Waals surface area contributed by atoms with Crippen molar-refractivity contribution in [2.24, 2.45) is 5.41 Å². The van der Waals surface area contributed by atoms with Crippen LogP contribution in [0.2, 0.25) is 0 Å². The monoisotopic (exact) mass is 285 g/mol. The van der Waals surface area contributed by atoms with E-state index in [1.54, 1.807) is 0 Å². The lowest BCUT2D eigenvalue weighted by Gasteiger charge is -2.43. The molecule has 0 aromatic carbocycles. The molecule has 1 saturated heterocycles. The van der Waals surface area contributed by atoms with Crippen molar-refractivity contribution in [3.05, 3.63) is 0 Å². The second-order valence-corrected chi connectivity index (χ2v) is 7.53. The van der Waals surface area contributed by atoms with Crippen LogP contribution in [-0.4, -0.2) is 28.8 Å². The Balaban J connectivity index is 2.06. The van der Waals surface area contributed by atoms with Gasteiger partial charge in [0, 0.05) is 23.4 Å². The molecule has 0 spiro atoms. The Labute approximate surface area is 122 Å². The molecule has 0 aromatic rings. The summed E-state index contributed by atoms with van der Waals surface area (Å²) in [7, 11) is 0. The van der Waals surface area contributed by atoms with Crippen LogP contribution in [-0.2, 0) is 4.79 Å². The van der Waals surface area contributed by atoms with Gasteiger partial charge >= 0.3 is 0 Å². The fourth-order valence-electron chi connectivity index (χ4n) is 3.78. The second kappa shape index (κ2) is 6.47. The fourth-order valence-corrected chi connectivity index (χ4v) is 3.99. The van der Waals surface area contributed by atoms with Crippen LogP contribution in [0.1, 0.15) is 71.6 Å². The van der Waals surface area contributed by atoms with Crippen LogP contribution in [0.25, 0.3) is 0 Å². The standard InChI is InChI=1S/C16H28ClNO/c1-13(17)12-14-8-4-7-11-18(14)15(19)16(2)9-5-3-6-10-16/h13-14H,3-12H2,1-2H3. The lowest BCUT2D eigenvalue weighted by atomic mass is 9.74. The summed E-state index contributed by atoms with van der Waals surface area (Å²) in [6, 6.07) is 0.382. The van der Waals surface area contributed by atoms with Gasteiger partial charge in [0.1, 0.15) is 0 Å². The van der Waals surface area contributed by atoms with Crippen molar-refractivity contribution >= 4 is 17.5 Å². The van der Waals surface area contributed by atoms with Gasteiger partial charge in [0.05, 0.1) is 0 Å². The highest BCUT2D eigenvalue weighted by molar-refractivity contribution is 6.20. The van der Waals surface area contributed by atoms with Gasteiger partial charge in [-0.25, -0.2) is 0 Å². The van der Waals surface area contributed by atoms with Gasteiger partial charge in [-0.15, -0.1) is 11.6 Å². The van der Waals surface area contributed by atoms with Crippen molar-refractivity contribution in [1.29, 1.82) is 0 Å². The first-order valence-corrected chi connectivity index (χ1v) is 8.42. The zero-order valence-electron chi connectivity index (χ0n) is 12.5. The Bertz CT molecular complexity index is 310. The highest BCUT2D eigenvalue weighted by atomic mass is 35.5. The summed E-state index contributed by atoms with van der Waals surface area (Å²) >= 11 is 6.16. The quantitative estimate of drug-likeness (QED) is 0.706. The number of piperidine rings is 1. The van der Waals surface area contributed by atoms with Crippen LogP contribution in [0, 0.1) is 5.41 Å². The maximum Gasteiger partial charge on any atom is 0.228 e. The Morgan fingerprint density at radius 2 is 1.95 bits per heavy atom. The van der Waals surface area contributed by atoms with Crippen molar-refractivity contribution in [1.82, 2.24) is 4.90 Å². The molecule has 1 amide bonds. The summed E-state index contributed by atoms with van der Waals surface area (Å²) in [6.45, 7) is 5.17. The highest BCUT2D eigenvalue weighted by Crippen LogP contribution is 2.39. The van der Waals surface area contributed by atoms with E-state index in [1.165, 1.54) is 25.7 Å². The van der Waals surface area contributed by atoms with Gasteiger partial charge in [0.25, 0.3) is 0 Å². The number of nitrogens with zero attached hydrogens (tertiary/aromatic N) is 1. The number of hydrogen-bond acceptors (Lipinski definition) is 1.